The Hall–Kier alpha value is -0.900. The Morgan fingerprint density at radius 2 is 2.33 bits per heavy atom. The van der Waals surface area contributed by atoms with Crippen molar-refractivity contribution < 1.29 is 9.23 Å². The predicted molar refractivity (Wildman–Crippen MR) is 48.7 cm³/mol. The first-order chi connectivity index (χ1) is 5.74. The van der Waals surface area contributed by atoms with Gasteiger partial charge in [0, 0.05) is 0 Å². The quantitative estimate of drug-likeness (QED) is 0.567. The number of halogens is 2. The van der Waals surface area contributed by atoms with E-state index in [1.807, 2.05) is 0 Å². The summed E-state index contributed by atoms with van der Waals surface area (Å²) in [4.78, 5) is 4.48. The first kappa shape index (κ1) is 9.19. The number of benzene rings is 1. The maximum Gasteiger partial charge on any atom is 0.137 e. The van der Waals surface area contributed by atoms with E-state index in [1.165, 1.54) is 19.4 Å². The zero-order valence-corrected chi connectivity index (χ0v) is 8.01. The average molecular weight is 232 g/mol. The van der Waals surface area contributed by atoms with Crippen LogP contribution in [0.5, 0.6) is 0 Å². The second-order valence-corrected chi connectivity index (χ2v) is 2.94. The van der Waals surface area contributed by atoms with Gasteiger partial charge in [-0.2, -0.15) is 0 Å². The second-order valence-electron chi connectivity index (χ2n) is 2.09. The molecule has 0 saturated heterocycles. The average Bonchev–Trinajstić information content (AvgIpc) is 2.07. The van der Waals surface area contributed by atoms with Gasteiger partial charge in [-0.1, -0.05) is 11.2 Å². The lowest BCUT2D eigenvalue weighted by Gasteiger charge is -1.95. The van der Waals surface area contributed by atoms with Crippen molar-refractivity contribution in [2.75, 3.05) is 7.11 Å². The van der Waals surface area contributed by atoms with Crippen LogP contribution < -0.4 is 0 Å². The Morgan fingerprint density at radius 3 is 2.92 bits per heavy atom. The van der Waals surface area contributed by atoms with Gasteiger partial charge in [0.05, 0.1) is 10.7 Å². The lowest BCUT2D eigenvalue weighted by molar-refractivity contribution is 0.215. The third-order valence-electron chi connectivity index (χ3n) is 1.25. The summed E-state index contributed by atoms with van der Waals surface area (Å²) in [6, 6.07) is 4.60. The van der Waals surface area contributed by atoms with Gasteiger partial charge in [0.1, 0.15) is 12.9 Å². The molecule has 12 heavy (non-hydrogen) atoms. The SMILES string of the molecule is CON=Cc1ccc(F)c(Br)c1. The Balaban J connectivity index is 2.89. The van der Waals surface area contributed by atoms with Gasteiger partial charge < -0.3 is 4.84 Å². The van der Waals surface area contributed by atoms with E-state index in [-0.39, 0.29) is 5.82 Å². The molecular weight excluding hydrogens is 225 g/mol. The molecule has 2 nitrogen and oxygen atoms in total. The topological polar surface area (TPSA) is 21.6 Å². The third-order valence-corrected chi connectivity index (χ3v) is 1.86. The fraction of sp³-hybridized carbons (Fsp3) is 0.125. The summed E-state index contributed by atoms with van der Waals surface area (Å²) in [7, 11) is 1.45. The maximum absolute atomic E-state index is 12.7. The van der Waals surface area contributed by atoms with Crippen LogP contribution in [-0.2, 0) is 4.84 Å². The highest BCUT2D eigenvalue weighted by atomic mass is 79.9. The normalized spacial score (nSPS) is 10.6. The van der Waals surface area contributed by atoms with Gasteiger partial charge in [-0.25, -0.2) is 4.39 Å². The van der Waals surface area contributed by atoms with Crippen molar-refractivity contribution in [3.05, 3.63) is 34.1 Å². The van der Waals surface area contributed by atoms with Crippen molar-refractivity contribution in [1.82, 2.24) is 0 Å². The molecule has 64 valence electrons. The minimum Gasteiger partial charge on any atom is -0.399 e. The van der Waals surface area contributed by atoms with Gasteiger partial charge >= 0.3 is 0 Å². The molecule has 0 bridgehead atoms. The zero-order chi connectivity index (χ0) is 8.97. The monoisotopic (exact) mass is 231 g/mol. The fourth-order valence-electron chi connectivity index (χ4n) is 0.706. The van der Waals surface area contributed by atoms with Crippen LogP contribution in [0.15, 0.2) is 27.8 Å². The van der Waals surface area contributed by atoms with Crippen LogP contribution in [0.3, 0.4) is 0 Å². The minimum atomic E-state index is -0.287. The molecule has 1 rings (SSSR count). The highest BCUT2D eigenvalue weighted by Crippen LogP contribution is 2.15. The summed E-state index contributed by atoms with van der Waals surface area (Å²) in [6.07, 6.45) is 1.50. The lowest BCUT2D eigenvalue weighted by Crippen LogP contribution is -1.84. The molecule has 0 N–H and O–H groups in total. The smallest absolute Gasteiger partial charge is 0.137 e. The van der Waals surface area contributed by atoms with Gasteiger partial charge in [-0.3, -0.25) is 0 Å². The molecule has 0 atom stereocenters. The van der Waals surface area contributed by atoms with Crippen molar-refractivity contribution in [2.45, 2.75) is 0 Å². The molecule has 0 fully saturated rings. The number of rotatable bonds is 2. The number of hydrogen-bond acceptors (Lipinski definition) is 2. The molecule has 4 heteroatoms. The van der Waals surface area contributed by atoms with E-state index in [9.17, 15) is 4.39 Å². The lowest BCUT2D eigenvalue weighted by atomic mass is 10.2. The summed E-state index contributed by atoms with van der Waals surface area (Å²) >= 11 is 3.06. The third kappa shape index (κ3) is 2.30. The van der Waals surface area contributed by atoms with Crippen molar-refractivity contribution >= 4 is 22.1 Å². The Kier molecular flexibility index (Phi) is 3.22. The first-order valence-electron chi connectivity index (χ1n) is 3.25. The van der Waals surface area contributed by atoms with Crippen LogP contribution in [0.25, 0.3) is 0 Å². The minimum absolute atomic E-state index is 0.287. The molecule has 0 aliphatic rings. The van der Waals surface area contributed by atoms with Crippen molar-refractivity contribution in [1.29, 1.82) is 0 Å². The molecule has 0 amide bonds. The standard InChI is InChI=1S/C8H7BrFNO/c1-12-11-5-6-2-3-8(10)7(9)4-6/h2-5H,1H3. The van der Waals surface area contributed by atoms with Gasteiger partial charge in [-0.15, -0.1) is 0 Å². The largest absolute Gasteiger partial charge is 0.399 e. The highest BCUT2D eigenvalue weighted by molar-refractivity contribution is 9.10. The summed E-state index contributed by atoms with van der Waals surface area (Å²) in [5.41, 5.74) is 0.783. The van der Waals surface area contributed by atoms with E-state index in [4.69, 9.17) is 0 Å². The Bertz CT molecular complexity index is 301. The van der Waals surface area contributed by atoms with Gasteiger partial charge in [0.15, 0.2) is 0 Å². The summed E-state index contributed by atoms with van der Waals surface area (Å²) in [5.74, 6) is -0.287. The molecule has 0 spiro atoms. The first-order valence-corrected chi connectivity index (χ1v) is 4.05. The van der Waals surface area contributed by atoms with Crippen LogP contribution in [-0.4, -0.2) is 13.3 Å². The predicted octanol–water partition coefficient (Wildman–Crippen LogP) is 2.57. The van der Waals surface area contributed by atoms with E-state index in [1.54, 1.807) is 12.1 Å². The summed E-state index contributed by atoms with van der Waals surface area (Å²) in [5, 5.41) is 3.54. The second kappa shape index (κ2) is 4.21. The molecule has 1 aromatic rings. The van der Waals surface area contributed by atoms with Crippen LogP contribution in [0.4, 0.5) is 4.39 Å². The molecule has 0 heterocycles. The zero-order valence-electron chi connectivity index (χ0n) is 6.42. The highest BCUT2D eigenvalue weighted by Gasteiger charge is 1.97. The molecule has 0 radical (unpaired) electrons. The van der Waals surface area contributed by atoms with E-state index < -0.39 is 0 Å². The maximum atomic E-state index is 12.7. The molecular formula is C8H7BrFNO. The Labute approximate surface area is 78.2 Å². The van der Waals surface area contributed by atoms with Crippen LogP contribution in [0.1, 0.15) is 5.56 Å². The number of nitrogens with zero attached hydrogens (tertiary/aromatic N) is 1. The van der Waals surface area contributed by atoms with E-state index in [0.29, 0.717) is 4.47 Å². The van der Waals surface area contributed by atoms with Gasteiger partial charge in [0.2, 0.25) is 0 Å². The van der Waals surface area contributed by atoms with Crippen LogP contribution >= 0.6 is 15.9 Å². The number of oxime groups is 1. The number of hydrogen-bond donors (Lipinski definition) is 0. The van der Waals surface area contributed by atoms with E-state index >= 15 is 0 Å². The molecule has 0 saturated carbocycles. The molecule has 0 aromatic heterocycles. The molecule has 0 aliphatic carbocycles. The van der Waals surface area contributed by atoms with Crippen molar-refractivity contribution in [3.8, 4) is 0 Å². The van der Waals surface area contributed by atoms with Gasteiger partial charge in [0.25, 0.3) is 0 Å². The van der Waals surface area contributed by atoms with Crippen LogP contribution in [0, 0.1) is 5.82 Å². The van der Waals surface area contributed by atoms with Crippen LogP contribution in [0.2, 0.25) is 0 Å². The van der Waals surface area contributed by atoms with Crippen molar-refractivity contribution in [2.24, 2.45) is 5.16 Å². The Morgan fingerprint density at radius 1 is 1.58 bits per heavy atom. The summed E-state index contributed by atoms with van der Waals surface area (Å²) in [6.45, 7) is 0. The van der Waals surface area contributed by atoms with E-state index in [0.717, 1.165) is 5.56 Å². The molecule has 0 unspecified atom stereocenters. The fourth-order valence-corrected chi connectivity index (χ4v) is 1.10. The summed E-state index contributed by atoms with van der Waals surface area (Å²) < 4.78 is 13.1. The van der Waals surface area contributed by atoms with E-state index in [2.05, 4.69) is 25.9 Å². The van der Waals surface area contributed by atoms with Crippen molar-refractivity contribution in [3.63, 3.8) is 0 Å². The molecule has 0 aliphatic heterocycles. The van der Waals surface area contributed by atoms with Gasteiger partial charge in [-0.05, 0) is 33.6 Å². The molecule has 1 aromatic carbocycles.